The molecule has 13 nitrogen and oxygen atoms in total. The number of benzene rings is 2. The lowest BCUT2D eigenvalue weighted by Crippen LogP contribution is -2.15. The van der Waals surface area contributed by atoms with Crippen LogP contribution in [0, 0.1) is 20.2 Å². The van der Waals surface area contributed by atoms with Crippen molar-refractivity contribution < 1.29 is 28.5 Å². The zero-order valence-electron chi connectivity index (χ0n) is 15.6. The molecule has 0 atom stereocenters. The molecular weight excluding hydrogens is 414 g/mol. The highest BCUT2D eigenvalue weighted by molar-refractivity contribution is 6.04. The number of hydrogen-bond donors (Lipinski definition) is 1. The van der Waals surface area contributed by atoms with Crippen LogP contribution in [0.15, 0.2) is 40.8 Å². The molecule has 2 heterocycles. The van der Waals surface area contributed by atoms with Crippen molar-refractivity contribution in [3.8, 4) is 11.5 Å². The molecule has 0 saturated heterocycles. The SMILES string of the molecule is O=C(Nc1nnc(Cc2ccc3c(c2)OCCO3)o1)c1cc([N+](=O)[O-])cc([N+](=O)[O-])c1. The Morgan fingerprint density at radius 2 is 1.65 bits per heavy atom. The Bertz CT molecular complexity index is 1160. The summed E-state index contributed by atoms with van der Waals surface area (Å²) in [5.74, 6) is 0.557. The Balaban J connectivity index is 1.48. The summed E-state index contributed by atoms with van der Waals surface area (Å²) in [5, 5.41) is 31.8. The third-order valence-electron chi connectivity index (χ3n) is 4.24. The topological polar surface area (TPSA) is 173 Å². The maximum Gasteiger partial charge on any atom is 0.322 e. The maximum atomic E-state index is 12.4. The second-order valence-electron chi connectivity index (χ2n) is 6.36. The van der Waals surface area contributed by atoms with E-state index in [1.165, 1.54) is 0 Å². The third-order valence-corrected chi connectivity index (χ3v) is 4.24. The van der Waals surface area contributed by atoms with Crippen LogP contribution >= 0.6 is 0 Å². The third kappa shape index (κ3) is 4.39. The molecule has 2 aromatic carbocycles. The van der Waals surface area contributed by atoms with E-state index >= 15 is 0 Å². The van der Waals surface area contributed by atoms with Gasteiger partial charge in [0.15, 0.2) is 11.5 Å². The Hall–Kier alpha value is -4.55. The largest absolute Gasteiger partial charge is 0.486 e. The van der Waals surface area contributed by atoms with Gasteiger partial charge in [0, 0.05) is 12.1 Å². The van der Waals surface area contributed by atoms with E-state index in [1.54, 1.807) is 18.2 Å². The second kappa shape index (κ2) is 8.06. The molecule has 1 aliphatic rings. The smallest absolute Gasteiger partial charge is 0.322 e. The molecule has 1 N–H and O–H groups in total. The second-order valence-corrected chi connectivity index (χ2v) is 6.36. The number of nitrogens with one attached hydrogen (secondary N) is 1. The molecule has 1 aliphatic heterocycles. The van der Waals surface area contributed by atoms with Gasteiger partial charge in [-0.2, -0.15) is 0 Å². The number of aromatic nitrogens is 2. The van der Waals surface area contributed by atoms with Crippen molar-refractivity contribution >= 4 is 23.3 Å². The van der Waals surface area contributed by atoms with E-state index in [2.05, 4.69) is 15.5 Å². The Labute approximate surface area is 172 Å². The Morgan fingerprint density at radius 3 is 2.32 bits per heavy atom. The molecule has 0 saturated carbocycles. The van der Waals surface area contributed by atoms with E-state index < -0.39 is 27.1 Å². The van der Waals surface area contributed by atoms with Crippen molar-refractivity contribution in [2.24, 2.45) is 0 Å². The summed E-state index contributed by atoms with van der Waals surface area (Å²) in [5.41, 5.74) is -0.680. The first-order valence-electron chi connectivity index (χ1n) is 8.85. The molecule has 1 amide bonds. The fraction of sp³-hybridized carbons (Fsp3) is 0.167. The van der Waals surface area contributed by atoms with E-state index in [0.29, 0.717) is 24.7 Å². The van der Waals surface area contributed by atoms with Crippen LogP contribution in [0.25, 0.3) is 0 Å². The van der Waals surface area contributed by atoms with Crippen LogP contribution in [-0.2, 0) is 6.42 Å². The van der Waals surface area contributed by atoms with Crippen molar-refractivity contribution in [2.45, 2.75) is 6.42 Å². The number of fused-ring (bicyclic) bond motifs is 1. The molecule has 3 aromatic rings. The predicted molar refractivity (Wildman–Crippen MR) is 102 cm³/mol. The summed E-state index contributed by atoms with van der Waals surface area (Å²) < 4.78 is 16.4. The first-order valence-corrected chi connectivity index (χ1v) is 8.85. The average molecular weight is 427 g/mol. The fourth-order valence-electron chi connectivity index (χ4n) is 2.85. The monoisotopic (exact) mass is 427 g/mol. The quantitative estimate of drug-likeness (QED) is 0.455. The van der Waals surface area contributed by atoms with Crippen molar-refractivity contribution in [3.05, 3.63) is 73.6 Å². The number of non-ortho nitro benzene ring substituents is 2. The zero-order valence-corrected chi connectivity index (χ0v) is 15.6. The van der Waals surface area contributed by atoms with Crippen molar-refractivity contribution in [1.82, 2.24) is 10.2 Å². The van der Waals surface area contributed by atoms with Gasteiger partial charge in [0.1, 0.15) is 13.2 Å². The summed E-state index contributed by atoms with van der Waals surface area (Å²) in [6.07, 6.45) is 0.252. The lowest BCUT2D eigenvalue weighted by atomic mass is 10.1. The van der Waals surface area contributed by atoms with Gasteiger partial charge >= 0.3 is 6.01 Å². The van der Waals surface area contributed by atoms with Crippen LogP contribution < -0.4 is 14.8 Å². The first-order chi connectivity index (χ1) is 14.9. The lowest BCUT2D eigenvalue weighted by molar-refractivity contribution is -0.394. The summed E-state index contributed by atoms with van der Waals surface area (Å²) in [6.45, 7) is 0.926. The summed E-state index contributed by atoms with van der Waals surface area (Å²) in [7, 11) is 0. The number of amides is 1. The number of ether oxygens (including phenoxy) is 2. The van der Waals surface area contributed by atoms with Gasteiger partial charge in [-0.15, -0.1) is 5.10 Å². The minimum Gasteiger partial charge on any atom is -0.486 e. The number of rotatable bonds is 6. The number of anilines is 1. The number of carbonyl (C=O) groups excluding carboxylic acids is 1. The highest BCUT2D eigenvalue weighted by Gasteiger charge is 2.21. The fourth-order valence-corrected chi connectivity index (χ4v) is 2.85. The number of hydrogen-bond acceptors (Lipinski definition) is 10. The summed E-state index contributed by atoms with van der Waals surface area (Å²) in [4.78, 5) is 32.7. The molecule has 0 radical (unpaired) electrons. The molecule has 31 heavy (non-hydrogen) atoms. The highest BCUT2D eigenvalue weighted by Crippen LogP contribution is 2.31. The summed E-state index contributed by atoms with van der Waals surface area (Å²) in [6, 6.07) is 7.67. The van der Waals surface area contributed by atoms with E-state index in [0.717, 1.165) is 23.8 Å². The van der Waals surface area contributed by atoms with E-state index in [-0.39, 0.29) is 23.9 Å². The Morgan fingerprint density at radius 1 is 0.968 bits per heavy atom. The molecule has 0 spiro atoms. The standard InChI is InChI=1S/C18H13N5O8/c24-17(11-7-12(22(25)26)9-13(8-11)23(27)28)19-18-21-20-16(31-18)6-10-1-2-14-15(5-10)30-4-3-29-14/h1-2,5,7-9H,3-4,6H2,(H,19,21,24). The number of nitrogens with zero attached hydrogens (tertiary/aromatic N) is 4. The molecule has 0 unspecified atom stereocenters. The van der Waals surface area contributed by atoms with Gasteiger partial charge in [-0.1, -0.05) is 11.2 Å². The molecule has 13 heteroatoms. The van der Waals surface area contributed by atoms with Gasteiger partial charge in [0.2, 0.25) is 5.89 Å². The van der Waals surface area contributed by atoms with Gasteiger partial charge in [-0.05, 0) is 17.7 Å². The van der Waals surface area contributed by atoms with Gasteiger partial charge in [0.25, 0.3) is 17.3 Å². The molecule has 0 aliphatic carbocycles. The van der Waals surface area contributed by atoms with Crippen LogP contribution in [-0.4, -0.2) is 39.2 Å². The maximum absolute atomic E-state index is 12.4. The zero-order chi connectivity index (χ0) is 22.0. The van der Waals surface area contributed by atoms with Gasteiger partial charge in [-0.25, -0.2) is 0 Å². The van der Waals surface area contributed by atoms with Gasteiger partial charge in [-0.3, -0.25) is 30.3 Å². The first kappa shape index (κ1) is 19.8. The normalized spacial score (nSPS) is 12.3. The van der Waals surface area contributed by atoms with E-state index in [1.807, 2.05) is 0 Å². The van der Waals surface area contributed by atoms with Crippen molar-refractivity contribution in [3.63, 3.8) is 0 Å². The molecule has 158 valence electrons. The van der Waals surface area contributed by atoms with Crippen molar-refractivity contribution in [1.29, 1.82) is 0 Å². The molecule has 0 bridgehead atoms. The van der Waals surface area contributed by atoms with Gasteiger partial charge < -0.3 is 13.9 Å². The minimum absolute atomic E-state index is 0.192. The predicted octanol–water partition coefficient (Wildman–Crippen LogP) is 2.50. The van der Waals surface area contributed by atoms with E-state index in [4.69, 9.17) is 13.9 Å². The van der Waals surface area contributed by atoms with Crippen molar-refractivity contribution in [2.75, 3.05) is 18.5 Å². The number of nitro groups is 2. The van der Waals surface area contributed by atoms with Crippen LogP contribution in [0.3, 0.4) is 0 Å². The van der Waals surface area contributed by atoms with Gasteiger partial charge in [0.05, 0.1) is 27.9 Å². The van der Waals surface area contributed by atoms with E-state index in [9.17, 15) is 25.0 Å². The molecule has 1 aromatic heterocycles. The minimum atomic E-state index is -0.874. The summed E-state index contributed by atoms with van der Waals surface area (Å²) >= 11 is 0. The van der Waals surface area contributed by atoms with Crippen LogP contribution in [0.4, 0.5) is 17.4 Å². The molecular formula is C18H13N5O8. The Kier molecular flexibility index (Phi) is 5.13. The van der Waals surface area contributed by atoms with Crippen LogP contribution in [0.2, 0.25) is 0 Å². The highest BCUT2D eigenvalue weighted by atomic mass is 16.6. The van der Waals surface area contributed by atoms with Crippen LogP contribution in [0.5, 0.6) is 11.5 Å². The lowest BCUT2D eigenvalue weighted by Gasteiger charge is -2.18. The number of carbonyl (C=O) groups is 1. The average Bonchev–Trinajstić information content (AvgIpc) is 3.19. The molecule has 0 fully saturated rings. The van der Waals surface area contributed by atoms with Crippen LogP contribution in [0.1, 0.15) is 21.8 Å². The number of nitro benzene ring substituents is 2. The molecule has 4 rings (SSSR count).